The van der Waals surface area contributed by atoms with Crippen molar-refractivity contribution >= 4 is 0 Å². The lowest BCUT2D eigenvalue weighted by Gasteiger charge is -2.18. The molecular formula is C6H9O5. The molecule has 0 unspecified atom stereocenters. The van der Waals surface area contributed by atoms with E-state index in [-0.39, 0.29) is 19.3 Å². The average molecular weight is 161 g/mol. The van der Waals surface area contributed by atoms with Crippen LogP contribution in [0.5, 0.6) is 0 Å². The molecule has 0 aliphatic carbocycles. The molecule has 2 saturated heterocycles. The lowest BCUT2D eigenvalue weighted by molar-refractivity contribution is -0.210. The zero-order valence-corrected chi connectivity index (χ0v) is 5.73. The first-order valence-corrected chi connectivity index (χ1v) is 3.35. The summed E-state index contributed by atoms with van der Waals surface area (Å²) in [4.78, 5) is 0. The van der Waals surface area contributed by atoms with Crippen molar-refractivity contribution in [1.29, 1.82) is 0 Å². The van der Waals surface area contributed by atoms with Crippen molar-refractivity contribution in [3.8, 4) is 0 Å². The molecule has 0 amide bonds. The molecule has 0 aromatic heterocycles. The Morgan fingerprint density at radius 2 is 2.18 bits per heavy atom. The number of aliphatic hydroxyl groups excluding tert-OH is 1. The zero-order chi connectivity index (χ0) is 8.06. The topological polar surface area (TPSA) is 79.2 Å². The molecule has 11 heavy (non-hydrogen) atoms. The second-order valence-corrected chi connectivity index (χ2v) is 2.80. The first kappa shape index (κ1) is 7.45. The summed E-state index contributed by atoms with van der Waals surface area (Å²) in [6.45, 7) is -0.160. The minimum atomic E-state index is -1.97. The van der Waals surface area contributed by atoms with Gasteiger partial charge < -0.3 is 24.8 Å². The maximum absolute atomic E-state index is 9.16. The Morgan fingerprint density at radius 1 is 1.45 bits per heavy atom. The highest BCUT2D eigenvalue weighted by Gasteiger charge is 2.56. The van der Waals surface area contributed by atoms with Crippen LogP contribution >= 0.6 is 0 Å². The Bertz CT molecular complexity index is 168. The lowest BCUT2D eigenvalue weighted by Crippen LogP contribution is -2.41. The van der Waals surface area contributed by atoms with Crippen molar-refractivity contribution in [2.75, 3.05) is 13.2 Å². The summed E-state index contributed by atoms with van der Waals surface area (Å²) in [5.41, 5.74) is 0. The van der Waals surface area contributed by atoms with Crippen LogP contribution in [0.2, 0.25) is 0 Å². The largest absolute Gasteiger partial charge is 0.387 e. The monoisotopic (exact) mass is 161 g/mol. The van der Waals surface area contributed by atoms with Crippen LogP contribution in [0, 0.1) is 6.10 Å². The molecule has 2 fully saturated rings. The maximum Gasteiger partial charge on any atom is 0.217 e. The third kappa shape index (κ3) is 0.969. The molecule has 0 bridgehead atoms. The number of hydrogen-bond acceptors (Lipinski definition) is 5. The molecule has 5 heteroatoms. The molecule has 2 aliphatic heterocycles. The third-order valence-electron chi connectivity index (χ3n) is 1.88. The normalized spacial score (nSPS) is 42.8. The molecule has 1 radical (unpaired) electrons. The summed E-state index contributed by atoms with van der Waals surface area (Å²) in [5.74, 6) is -1.97. The first-order valence-electron chi connectivity index (χ1n) is 3.35. The van der Waals surface area contributed by atoms with E-state index in [0.717, 1.165) is 0 Å². The van der Waals surface area contributed by atoms with Crippen LogP contribution in [0.4, 0.5) is 0 Å². The van der Waals surface area contributed by atoms with E-state index in [1.807, 2.05) is 0 Å². The SMILES string of the molecule is O[C@H]1CO[C@H]2[C]1OCC2(O)O. The number of ether oxygens (including phenoxy) is 2. The van der Waals surface area contributed by atoms with E-state index in [9.17, 15) is 0 Å². The minimum Gasteiger partial charge on any atom is -0.387 e. The Morgan fingerprint density at radius 3 is 2.82 bits per heavy atom. The van der Waals surface area contributed by atoms with Gasteiger partial charge in [-0.3, -0.25) is 0 Å². The van der Waals surface area contributed by atoms with Gasteiger partial charge in [0.2, 0.25) is 5.79 Å². The molecule has 0 aromatic carbocycles. The Balaban J connectivity index is 2.17. The highest BCUT2D eigenvalue weighted by molar-refractivity contribution is 5.11. The van der Waals surface area contributed by atoms with Gasteiger partial charge in [-0.2, -0.15) is 0 Å². The Labute approximate surface area is 63.2 Å². The van der Waals surface area contributed by atoms with Crippen LogP contribution < -0.4 is 0 Å². The summed E-state index contributed by atoms with van der Waals surface area (Å²) in [5, 5.41) is 27.4. The van der Waals surface area contributed by atoms with Gasteiger partial charge in [-0.05, 0) is 0 Å². The van der Waals surface area contributed by atoms with Crippen LogP contribution in [0.15, 0.2) is 0 Å². The Hall–Kier alpha value is -0.200. The van der Waals surface area contributed by atoms with Crippen molar-refractivity contribution < 1.29 is 24.8 Å². The van der Waals surface area contributed by atoms with Crippen LogP contribution in [-0.2, 0) is 9.47 Å². The van der Waals surface area contributed by atoms with Crippen molar-refractivity contribution in [2.24, 2.45) is 0 Å². The predicted molar refractivity (Wildman–Crippen MR) is 32.1 cm³/mol. The van der Waals surface area contributed by atoms with Gasteiger partial charge >= 0.3 is 0 Å². The fraction of sp³-hybridized carbons (Fsp3) is 0.833. The molecule has 2 rings (SSSR count). The number of fused-ring (bicyclic) bond motifs is 1. The van der Waals surface area contributed by atoms with Crippen LogP contribution in [0.3, 0.4) is 0 Å². The molecule has 63 valence electrons. The van der Waals surface area contributed by atoms with Gasteiger partial charge in [0, 0.05) is 0 Å². The van der Waals surface area contributed by atoms with Gasteiger partial charge in [-0.15, -0.1) is 0 Å². The van der Waals surface area contributed by atoms with Gasteiger partial charge in [0.05, 0.1) is 6.61 Å². The van der Waals surface area contributed by atoms with Crippen LogP contribution in [0.1, 0.15) is 0 Å². The molecule has 2 atom stereocenters. The van der Waals surface area contributed by atoms with Gasteiger partial charge in [-0.25, -0.2) is 0 Å². The minimum absolute atomic E-state index is 0.0723. The second-order valence-electron chi connectivity index (χ2n) is 2.80. The second kappa shape index (κ2) is 2.15. The van der Waals surface area contributed by atoms with E-state index in [2.05, 4.69) is 0 Å². The molecule has 2 aliphatic rings. The molecule has 5 nitrogen and oxygen atoms in total. The smallest absolute Gasteiger partial charge is 0.217 e. The van der Waals surface area contributed by atoms with Gasteiger partial charge in [0.25, 0.3) is 0 Å². The summed E-state index contributed by atoms with van der Waals surface area (Å²) < 4.78 is 9.74. The standard InChI is InChI=1S/C6H9O5/c7-3-1-10-5-4(3)11-2-6(5,8)9/h3,5,7-9H,1-2H2/t3-,5-/m0/s1. The molecule has 0 saturated carbocycles. The van der Waals surface area contributed by atoms with Crippen molar-refractivity contribution in [3.05, 3.63) is 6.10 Å². The lowest BCUT2D eigenvalue weighted by atomic mass is 10.1. The number of aliphatic hydroxyl groups is 3. The quantitative estimate of drug-likeness (QED) is 0.358. The molecule has 0 spiro atoms. The summed E-state index contributed by atoms with van der Waals surface area (Å²) in [6.07, 6.45) is -1.46. The maximum atomic E-state index is 9.16. The van der Waals surface area contributed by atoms with E-state index < -0.39 is 18.0 Å². The summed E-state index contributed by atoms with van der Waals surface area (Å²) in [7, 11) is 0. The van der Waals surface area contributed by atoms with Gasteiger partial charge in [0.15, 0.2) is 6.10 Å². The number of rotatable bonds is 0. The van der Waals surface area contributed by atoms with Gasteiger partial charge in [-0.1, -0.05) is 0 Å². The van der Waals surface area contributed by atoms with Gasteiger partial charge in [0.1, 0.15) is 18.8 Å². The van der Waals surface area contributed by atoms with E-state index in [0.29, 0.717) is 0 Å². The van der Waals surface area contributed by atoms with Crippen molar-refractivity contribution in [2.45, 2.75) is 18.0 Å². The molecular weight excluding hydrogens is 152 g/mol. The van der Waals surface area contributed by atoms with E-state index in [1.54, 1.807) is 0 Å². The van der Waals surface area contributed by atoms with Crippen molar-refractivity contribution in [1.82, 2.24) is 0 Å². The highest BCUT2D eigenvalue weighted by Crippen LogP contribution is 2.37. The first-order chi connectivity index (χ1) is 5.11. The molecule has 2 heterocycles. The fourth-order valence-corrected chi connectivity index (χ4v) is 1.32. The molecule has 3 N–H and O–H groups in total. The Kier molecular flexibility index (Phi) is 1.45. The summed E-state index contributed by atoms with van der Waals surface area (Å²) in [6, 6.07) is 0. The average Bonchev–Trinajstić information content (AvgIpc) is 2.39. The molecule has 0 aromatic rings. The third-order valence-corrected chi connectivity index (χ3v) is 1.88. The highest BCUT2D eigenvalue weighted by atomic mass is 16.7. The predicted octanol–water partition coefficient (Wildman–Crippen LogP) is -2.01. The van der Waals surface area contributed by atoms with Crippen LogP contribution in [0.25, 0.3) is 0 Å². The van der Waals surface area contributed by atoms with Crippen molar-refractivity contribution in [3.63, 3.8) is 0 Å². The fourth-order valence-electron chi connectivity index (χ4n) is 1.32. The summed E-state index contributed by atoms with van der Waals surface area (Å²) >= 11 is 0. The van der Waals surface area contributed by atoms with E-state index in [4.69, 9.17) is 24.8 Å². The van der Waals surface area contributed by atoms with Crippen LogP contribution in [-0.4, -0.2) is 46.5 Å². The number of hydrogen-bond donors (Lipinski definition) is 3. The zero-order valence-electron chi connectivity index (χ0n) is 5.73. The van der Waals surface area contributed by atoms with E-state index in [1.165, 1.54) is 0 Å². The van der Waals surface area contributed by atoms with E-state index >= 15 is 0 Å².